The third-order valence-electron chi connectivity index (χ3n) is 8.44. The Morgan fingerprint density at radius 1 is 0.750 bits per heavy atom. The molecular formula is C32H49F3N6O11. The highest BCUT2D eigenvalue weighted by Crippen LogP contribution is 2.23. The lowest BCUT2D eigenvalue weighted by Crippen LogP contribution is -2.61. The Hall–Kier alpha value is -4.78. The van der Waals surface area contributed by atoms with Crippen molar-refractivity contribution in [3.8, 4) is 0 Å². The molecule has 1 aliphatic rings. The molecule has 0 aliphatic carbocycles. The van der Waals surface area contributed by atoms with Crippen molar-refractivity contribution < 1.29 is 66.5 Å². The Bertz CT molecular complexity index is 1340. The van der Waals surface area contributed by atoms with E-state index >= 15 is 0 Å². The topological polar surface area (TPSA) is 257 Å². The van der Waals surface area contributed by atoms with E-state index in [2.05, 4.69) is 26.6 Å². The first-order valence-electron chi connectivity index (χ1n) is 16.9. The van der Waals surface area contributed by atoms with Gasteiger partial charge in [-0.2, -0.15) is 13.2 Å². The highest BCUT2D eigenvalue weighted by molar-refractivity contribution is 5.99. The van der Waals surface area contributed by atoms with E-state index in [0.717, 1.165) is 11.8 Å². The third kappa shape index (κ3) is 13.7. The minimum absolute atomic E-state index is 0.0190. The molecule has 1 rings (SSSR count). The Kier molecular flexibility index (Phi) is 17.7. The standard InChI is InChI=1S/C32H49F3N6O11/c1-7-10-18(26(47)32(33,34)35)37-29(50)21-11-9-12-41(21)31(52)24(15(3)4)39-30(51)25(16(5)8-2)40-28(49)20(14-23(45)46)38-27(48)19(13-22(43)44)36-17(6)42/h15-16,18-21,24-25H,7-14H2,1-6H3,(H,36,42)(H,37,50)(H,38,48)(H,39,51)(H,40,49)(H,43,44)(H,45,46)/t16-,18-,19-,20-,21-,24-,25-/m0/s1. The summed E-state index contributed by atoms with van der Waals surface area (Å²) < 4.78 is 39.5. The predicted octanol–water partition coefficient (Wildman–Crippen LogP) is 0.00430. The summed E-state index contributed by atoms with van der Waals surface area (Å²) in [4.78, 5) is 114. The molecule has 0 spiro atoms. The molecule has 6 amide bonds. The van der Waals surface area contributed by atoms with Gasteiger partial charge in [-0.1, -0.05) is 47.5 Å². The lowest BCUT2D eigenvalue weighted by molar-refractivity contribution is -0.174. The van der Waals surface area contributed by atoms with Crippen LogP contribution in [0.1, 0.15) is 86.5 Å². The molecule has 1 heterocycles. The zero-order valence-corrected chi connectivity index (χ0v) is 29.9. The number of carbonyl (C=O) groups excluding carboxylic acids is 7. The van der Waals surface area contributed by atoms with E-state index in [9.17, 15) is 61.4 Å². The smallest absolute Gasteiger partial charge is 0.452 e. The molecule has 0 aromatic heterocycles. The van der Waals surface area contributed by atoms with Gasteiger partial charge in [-0.05, 0) is 31.1 Å². The first-order chi connectivity index (χ1) is 24.0. The number of carboxylic acids is 2. The fraction of sp³-hybridized carbons (Fsp3) is 0.719. The van der Waals surface area contributed by atoms with Gasteiger partial charge in [0.05, 0.1) is 18.9 Å². The van der Waals surface area contributed by atoms with E-state index < -0.39 is 120 Å². The summed E-state index contributed by atoms with van der Waals surface area (Å²) in [5.41, 5.74) is 0. The number of alkyl halides is 3. The molecule has 52 heavy (non-hydrogen) atoms. The molecule has 294 valence electrons. The highest BCUT2D eigenvalue weighted by Gasteiger charge is 2.46. The Balaban J connectivity index is 3.27. The second-order valence-electron chi connectivity index (χ2n) is 13.0. The number of amides is 6. The fourth-order valence-electron chi connectivity index (χ4n) is 5.50. The summed E-state index contributed by atoms with van der Waals surface area (Å²) in [6, 6.07) is -9.30. The molecule has 1 aliphatic heterocycles. The zero-order chi connectivity index (χ0) is 40.1. The van der Waals surface area contributed by atoms with Gasteiger partial charge >= 0.3 is 18.1 Å². The minimum atomic E-state index is -5.19. The van der Waals surface area contributed by atoms with Gasteiger partial charge in [0.15, 0.2) is 0 Å². The first kappa shape index (κ1) is 45.2. The molecule has 20 heteroatoms. The van der Waals surface area contributed by atoms with E-state index in [1.54, 1.807) is 27.7 Å². The molecule has 1 fully saturated rings. The van der Waals surface area contributed by atoms with Crippen molar-refractivity contribution in [3.63, 3.8) is 0 Å². The average molecular weight is 751 g/mol. The normalized spacial score (nSPS) is 17.8. The SMILES string of the molecule is CCC[C@H](NC(=O)[C@@H]1CCCN1C(=O)[C@@H](NC(=O)[C@@H](NC(=O)[C@H](CC(=O)O)NC(=O)[C@H](CC(=O)O)NC(C)=O)[C@@H](C)CC)C(C)C)C(=O)C(F)(F)F. The summed E-state index contributed by atoms with van der Waals surface area (Å²) in [7, 11) is 0. The molecule has 0 aromatic carbocycles. The molecule has 0 unspecified atom stereocenters. The number of likely N-dealkylation sites (tertiary alicyclic amines) is 1. The summed E-state index contributed by atoms with van der Waals surface area (Å²) in [5, 5.41) is 29.8. The number of hydrogen-bond donors (Lipinski definition) is 7. The number of nitrogens with zero attached hydrogens (tertiary/aromatic N) is 1. The highest BCUT2D eigenvalue weighted by atomic mass is 19.4. The van der Waals surface area contributed by atoms with Gasteiger partial charge in [0, 0.05) is 13.5 Å². The van der Waals surface area contributed by atoms with E-state index in [1.165, 1.54) is 6.92 Å². The minimum Gasteiger partial charge on any atom is -0.481 e. The summed E-state index contributed by atoms with van der Waals surface area (Å²) in [5.74, 6) is -12.1. The second kappa shape index (κ2) is 20.3. The van der Waals surface area contributed by atoms with Crippen molar-refractivity contribution >= 4 is 53.2 Å². The molecule has 0 bridgehead atoms. The molecule has 1 saturated heterocycles. The number of Topliss-reactive ketones (excluding diaryl/α,β-unsaturated/α-hetero) is 1. The third-order valence-corrected chi connectivity index (χ3v) is 8.44. The van der Waals surface area contributed by atoms with Gasteiger partial charge in [0.25, 0.3) is 5.78 Å². The van der Waals surface area contributed by atoms with Crippen molar-refractivity contribution in [2.75, 3.05) is 6.54 Å². The quantitative estimate of drug-likeness (QED) is 0.0872. The van der Waals surface area contributed by atoms with Crippen LogP contribution < -0.4 is 26.6 Å². The van der Waals surface area contributed by atoms with Crippen LogP contribution >= 0.6 is 0 Å². The Labute approximate surface area is 298 Å². The maximum Gasteiger partial charge on any atom is 0.452 e. The van der Waals surface area contributed by atoms with Crippen LogP contribution in [0.4, 0.5) is 13.2 Å². The largest absolute Gasteiger partial charge is 0.481 e. The number of aliphatic carboxylic acids is 2. The van der Waals surface area contributed by atoms with Gasteiger partial charge in [0.1, 0.15) is 30.2 Å². The molecule has 7 atom stereocenters. The van der Waals surface area contributed by atoms with Crippen LogP contribution in [-0.2, 0) is 43.2 Å². The molecule has 7 N–H and O–H groups in total. The predicted molar refractivity (Wildman–Crippen MR) is 175 cm³/mol. The molecule has 0 saturated carbocycles. The monoisotopic (exact) mass is 750 g/mol. The first-order valence-corrected chi connectivity index (χ1v) is 16.9. The number of hydrogen-bond acceptors (Lipinski definition) is 9. The van der Waals surface area contributed by atoms with E-state index in [0.29, 0.717) is 6.42 Å². The van der Waals surface area contributed by atoms with Crippen molar-refractivity contribution in [3.05, 3.63) is 0 Å². The maximum atomic E-state index is 13.8. The van der Waals surface area contributed by atoms with E-state index in [1.807, 2.05) is 0 Å². The zero-order valence-electron chi connectivity index (χ0n) is 29.9. The van der Waals surface area contributed by atoms with Crippen LogP contribution in [0, 0.1) is 11.8 Å². The van der Waals surface area contributed by atoms with Crippen LogP contribution in [0.25, 0.3) is 0 Å². The molecular weight excluding hydrogens is 701 g/mol. The lowest BCUT2D eigenvalue weighted by Gasteiger charge is -2.33. The summed E-state index contributed by atoms with van der Waals surface area (Å²) in [6.45, 7) is 8.95. The number of nitrogens with one attached hydrogen (secondary N) is 5. The van der Waals surface area contributed by atoms with Gasteiger partial charge in [-0.3, -0.25) is 43.2 Å². The van der Waals surface area contributed by atoms with Crippen LogP contribution in [0.15, 0.2) is 0 Å². The van der Waals surface area contributed by atoms with Gasteiger partial charge < -0.3 is 41.7 Å². The van der Waals surface area contributed by atoms with Crippen LogP contribution in [0.3, 0.4) is 0 Å². The van der Waals surface area contributed by atoms with Gasteiger partial charge in [-0.25, -0.2) is 0 Å². The van der Waals surface area contributed by atoms with Crippen molar-refractivity contribution in [2.45, 2.75) is 129 Å². The Morgan fingerprint density at radius 3 is 1.73 bits per heavy atom. The summed E-state index contributed by atoms with van der Waals surface area (Å²) >= 11 is 0. The van der Waals surface area contributed by atoms with Crippen LogP contribution in [0.5, 0.6) is 0 Å². The number of halogens is 3. The maximum absolute atomic E-state index is 13.8. The van der Waals surface area contributed by atoms with Crippen LogP contribution in [-0.4, -0.2) is 117 Å². The van der Waals surface area contributed by atoms with E-state index in [-0.39, 0.29) is 32.2 Å². The van der Waals surface area contributed by atoms with Gasteiger partial charge in [-0.15, -0.1) is 0 Å². The average Bonchev–Trinajstić information content (AvgIpc) is 3.53. The van der Waals surface area contributed by atoms with Crippen LogP contribution in [0.2, 0.25) is 0 Å². The number of ketones is 1. The van der Waals surface area contributed by atoms with E-state index in [4.69, 9.17) is 5.11 Å². The molecule has 0 radical (unpaired) electrons. The van der Waals surface area contributed by atoms with Crippen molar-refractivity contribution in [1.82, 2.24) is 31.5 Å². The number of rotatable bonds is 20. The second-order valence-corrected chi connectivity index (χ2v) is 13.0. The number of carboxylic acid groups (broad SMARTS) is 2. The number of carbonyl (C=O) groups is 9. The van der Waals surface area contributed by atoms with Gasteiger partial charge in [0.2, 0.25) is 35.4 Å². The van der Waals surface area contributed by atoms with Crippen molar-refractivity contribution in [1.29, 1.82) is 0 Å². The molecule has 17 nitrogen and oxygen atoms in total. The molecule has 0 aromatic rings. The lowest BCUT2D eigenvalue weighted by atomic mass is 9.95. The fourth-order valence-corrected chi connectivity index (χ4v) is 5.50. The summed E-state index contributed by atoms with van der Waals surface area (Å²) in [6.07, 6.45) is -6.55. The van der Waals surface area contributed by atoms with Crippen molar-refractivity contribution in [2.24, 2.45) is 11.8 Å². The Morgan fingerprint density at radius 2 is 1.27 bits per heavy atom.